The van der Waals surface area contributed by atoms with Gasteiger partial charge in [0.05, 0.1) is 0 Å². The number of carbonyl (C=O) groups excluding carboxylic acids is 1. The van der Waals surface area contributed by atoms with Crippen molar-refractivity contribution in [3.8, 4) is 0 Å². The van der Waals surface area contributed by atoms with Crippen LogP contribution in [0, 0.1) is 11.3 Å². The molecule has 0 aromatic carbocycles. The molecule has 1 amide bonds. The third-order valence-corrected chi connectivity index (χ3v) is 7.71. The van der Waals surface area contributed by atoms with Crippen molar-refractivity contribution in [2.45, 2.75) is 69.6 Å². The summed E-state index contributed by atoms with van der Waals surface area (Å²) in [6.45, 7) is 3.97. The average Bonchev–Trinajstić information content (AvgIpc) is 3.08. The van der Waals surface area contributed by atoms with Crippen molar-refractivity contribution in [1.82, 2.24) is 25.0 Å². The first-order valence-electron chi connectivity index (χ1n) is 11.0. The van der Waals surface area contributed by atoms with Gasteiger partial charge in [0.15, 0.2) is 5.82 Å². The largest absolute Gasteiger partial charge is 0.341 e. The maximum absolute atomic E-state index is 13.1. The Morgan fingerprint density at radius 3 is 2.63 bits per heavy atom. The topological polar surface area (TPSA) is 65.1 Å². The lowest BCUT2D eigenvalue weighted by Gasteiger charge is -2.40. The number of aromatic amines is 1. The van der Waals surface area contributed by atoms with E-state index in [-0.39, 0.29) is 5.41 Å². The van der Waals surface area contributed by atoms with Crippen molar-refractivity contribution >= 4 is 5.91 Å². The van der Waals surface area contributed by atoms with Crippen LogP contribution in [0.25, 0.3) is 0 Å². The second-order valence-corrected chi connectivity index (χ2v) is 9.70. The van der Waals surface area contributed by atoms with E-state index < -0.39 is 0 Å². The Labute approximate surface area is 162 Å². The SMILES string of the molecule is CN1CCC2(CC1)CN(C(=O)CC1CCCC1)CC2c1nc(C2CC2)n[nH]1. The van der Waals surface area contributed by atoms with Gasteiger partial charge in [-0.05, 0) is 64.6 Å². The number of carbonyl (C=O) groups is 1. The lowest BCUT2D eigenvalue weighted by atomic mass is 9.70. The Hall–Kier alpha value is -1.43. The van der Waals surface area contributed by atoms with Gasteiger partial charge < -0.3 is 9.80 Å². The molecule has 4 fully saturated rings. The molecule has 5 rings (SSSR count). The van der Waals surface area contributed by atoms with Crippen LogP contribution in [0.3, 0.4) is 0 Å². The molecule has 1 atom stereocenters. The summed E-state index contributed by atoms with van der Waals surface area (Å²) in [7, 11) is 2.21. The van der Waals surface area contributed by atoms with Crippen LogP contribution >= 0.6 is 0 Å². The van der Waals surface area contributed by atoms with Gasteiger partial charge in [0.1, 0.15) is 5.82 Å². The van der Waals surface area contributed by atoms with Crippen molar-refractivity contribution in [2.24, 2.45) is 11.3 Å². The molecule has 3 heterocycles. The Balaban J connectivity index is 1.35. The number of nitrogens with one attached hydrogen (secondary N) is 1. The molecule has 4 aliphatic rings. The number of H-pyrrole nitrogens is 1. The fourth-order valence-electron chi connectivity index (χ4n) is 5.66. The molecular formula is C21H33N5O. The van der Waals surface area contributed by atoms with Gasteiger partial charge in [-0.25, -0.2) is 4.98 Å². The number of nitrogens with zero attached hydrogens (tertiary/aromatic N) is 4. The molecule has 1 unspecified atom stereocenters. The maximum atomic E-state index is 13.1. The smallest absolute Gasteiger partial charge is 0.222 e. The zero-order valence-electron chi connectivity index (χ0n) is 16.6. The normalized spacial score (nSPS) is 29.1. The van der Waals surface area contributed by atoms with Crippen molar-refractivity contribution in [2.75, 3.05) is 33.2 Å². The summed E-state index contributed by atoms with van der Waals surface area (Å²) in [5.41, 5.74) is 0.179. The average molecular weight is 372 g/mol. The molecular weight excluding hydrogens is 338 g/mol. The van der Waals surface area contributed by atoms with E-state index >= 15 is 0 Å². The van der Waals surface area contributed by atoms with Crippen LogP contribution in [0.2, 0.25) is 0 Å². The van der Waals surface area contributed by atoms with Crippen molar-refractivity contribution in [3.05, 3.63) is 11.6 Å². The van der Waals surface area contributed by atoms with Gasteiger partial charge in [0, 0.05) is 36.8 Å². The van der Waals surface area contributed by atoms with Crippen molar-refractivity contribution in [3.63, 3.8) is 0 Å². The second kappa shape index (κ2) is 6.87. The zero-order valence-corrected chi connectivity index (χ0v) is 16.6. The molecule has 27 heavy (non-hydrogen) atoms. The van der Waals surface area contributed by atoms with Gasteiger partial charge in [0.25, 0.3) is 0 Å². The highest BCUT2D eigenvalue weighted by molar-refractivity contribution is 5.77. The summed E-state index contributed by atoms with van der Waals surface area (Å²) in [6.07, 6.45) is 10.6. The molecule has 0 bridgehead atoms. The molecule has 2 aliphatic carbocycles. The first-order chi connectivity index (χ1) is 13.1. The van der Waals surface area contributed by atoms with E-state index in [1.54, 1.807) is 0 Å². The Bertz CT molecular complexity index is 682. The van der Waals surface area contributed by atoms with Gasteiger partial charge >= 0.3 is 0 Å². The highest BCUT2D eigenvalue weighted by atomic mass is 16.2. The summed E-state index contributed by atoms with van der Waals surface area (Å²) in [6, 6.07) is 0. The van der Waals surface area contributed by atoms with E-state index in [0.717, 1.165) is 57.1 Å². The Morgan fingerprint density at radius 2 is 1.93 bits per heavy atom. The van der Waals surface area contributed by atoms with E-state index in [0.29, 0.717) is 23.7 Å². The predicted octanol–water partition coefficient (Wildman–Crippen LogP) is 2.90. The van der Waals surface area contributed by atoms with Gasteiger partial charge in [-0.2, -0.15) is 5.10 Å². The van der Waals surface area contributed by atoms with Crippen LogP contribution in [0.5, 0.6) is 0 Å². The van der Waals surface area contributed by atoms with E-state index in [9.17, 15) is 4.79 Å². The first kappa shape index (κ1) is 17.7. The minimum Gasteiger partial charge on any atom is -0.341 e. The number of rotatable bonds is 4. The predicted molar refractivity (Wildman–Crippen MR) is 103 cm³/mol. The third-order valence-electron chi connectivity index (χ3n) is 7.71. The van der Waals surface area contributed by atoms with Gasteiger partial charge in [-0.3, -0.25) is 9.89 Å². The molecule has 148 valence electrons. The standard InChI is InChI=1S/C21H33N5O/c1-25-10-8-21(9-11-25)14-26(18(27)12-15-4-2-3-5-15)13-17(21)20-22-19(23-24-20)16-6-7-16/h15-17H,2-14H2,1H3,(H,22,23,24). The van der Waals surface area contributed by atoms with Gasteiger partial charge in [-0.1, -0.05) is 12.8 Å². The third kappa shape index (κ3) is 3.41. The summed E-state index contributed by atoms with van der Waals surface area (Å²) in [5.74, 6) is 3.94. The van der Waals surface area contributed by atoms with Crippen LogP contribution in [0.4, 0.5) is 0 Å². The molecule has 1 aromatic rings. The van der Waals surface area contributed by atoms with E-state index in [2.05, 4.69) is 27.0 Å². The molecule has 2 saturated carbocycles. The monoisotopic (exact) mass is 371 g/mol. The molecule has 1 aromatic heterocycles. The number of aromatic nitrogens is 3. The number of hydrogen-bond acceptors (Lipinski definition) is 4. The Kier molecular flexibility index (Phi) is 4.49. The van der Waals surface area contributed by atoms with Crippen LogP contribution < -0.4 is 0 Å². The minimum absolute atomic E-state index is 0.179. The summed E-state index contributed by atoms with van der Waals surface area (Å²) in [4.78, 5) is 22.6. The van der Waals surface area contributed by atoms with Crippen LogP contribution in [-0.2, 0) is 4.79 Å². The second-order valence-electron chi connectivity index (χ2n) is 9.70. The molecule has 2 aliphatic heterocycles. The number of hydrogen-bond donors (Lipinski definition) is 1. The van der Waals surface area contributed by atoms with E-state index in [4.69, 9.17) is 4.98 Å². The van der Waals surface area contributed by atoms with Crippen molar-refractivity contribution < 1.29 is 4.79 Å². The molecule has 0 radical (unpaired) electrons. The van der Waals surface area contributed by atoms with E-state index in [1.807, 2.05) is 0 Å². The Morgan fingerprint density at radius 1 is 1.19 bits per heavy atom. The van der Waals surface area contributed by atoms with Crippen molar-refractivity contribution in [1.29, 1.82) is 0 Å². The van der Waals surface area contributed by atoms with Gasteiger partial charge in [0.2, 0.25) is 5.91 Å². The van der Waals surface area contributed by atoms with Crippen LogP contribution in [0.15, 0.2) is 0 Å². The molecule has 1 spiro atoms. The molecule has 6 heteroatoms. The first-order valence-corrected chi connectivity index (χ1v) is 11.0. The fraction of sp³-hybridized carbons (Fsp3) is 0.857. The van der Waals surface area contributed by atoms with Crippen LogP contribution in [0.1, 0.15) is 81.3 Å². The summed E-state index contributed by atoms with van der Waals surface area (Å²) >= 11 is 0. The van der Waals surface area contributed by atoms with E-state index in [1.165, 1.54) is 38.5 Å². The molecule has 6 nitrogen and oxygen atoms in total. The summed E-state index contributed by atoms with van der Waals surface area (Å²) in [5, 5.41) is 7.79. The zero-order chi connectivity index (χ0) is 18.4. The molecule has 2 saturated heterocycles. The highest BCUT2D eigenvalue weighted by Crippen LogP contribution is 2.49. The highest BCUT2D eigenvalue weighted by Gasteiger charge is 2.51. The number of amides is 1. The lowest BCUT2D eigenvalue weighted by Crippen LogP contribution is -2.42. The quantitative estimate of drug-likeness (QED) is 0.884. The maximum Gasteiger partial charge on any atom is 0.222 e. The lowest BCUT2D eigenvalue weighted by molar-refractivity contribution is -0.131. The number of piperidine rings is 1. The number of likely N-dealkylation sites (tertiary alicyclic amines) is 2. The summed E-state index contributed by atoms with van der Waals surface area (Å²) < 4.78 is 0. The van der Waals surface area contributed by atoms with Crippen LogP contribution in [-0.4, -0.2) is 64.1 Å². The molecule has 1 N–H and O–H groups in total. The van der Waals surface area contributed by atoms with Gasteiger partial charge in [-0.15, -0.1) is 0 Å². The fourth-order valence-corrected chi connectivity index (χ4v) is 5.66. The minimum atomic E-state index is 0.179.